The fraction of sp³-hybridized carbons (Fsp3) is 0.200. The summed E-state index contributed by atoms with van der Waals surface area (Å²) in [4.78, 5) is 16.3. The van der Waals surface area contributed by atoms with Crippen molar-refractivity contribution >= 4 is 11.6 Å². The molecule has 0 saturated carbocycles. The van der Waals surface area contributed by atoms with E-state index in [4.69, 9.17) is 15.2 Å². The molecule has 1 aliphatic heterocycles. The molecule has 108 valence electrons. The number of nitrogen functional groups attached to an aromatic ring is 1. The maximum absolute atomic E-state index is 12.2. The van der Waals surface area contributed by atoms with Crippen molar-refractivity contribution in [3.05, 3.63) is 47.3 Å². The minimum absolute atomic E-state index is 0.148. The van der Waals surface area contributed by atoms with Gasteiger partial charge >= 0.3 is 0 Å². The van der Waals surface area contributed by atoms with Gasteiger partial charge in [-0.3, -0.25) is 9.78 Å². The number of fused-ring (bicyclic) bond motifs is 1. The number of benzene rings is 1. The Balaban J connectivity index is 1.76. The summed E-state index contributed by atoms with van der Waals surface area (Å²) >= 11 is 0. The van der Waals surface area contributed by atoms with Crippen LogP contribution in [0.2, 0.25) is 0 Å². The molecule has 0 unspecified atom stereocenters. The Morgan fingerprint density at radius 3 is 2.90 bits per heavy atom. The van der Waals surface area contributed by atoms with Crippen LogP contribution in [0.25, 0.3) is 0 Å². The molecular weight excluding hydrogens is 270 g/mol. The van der Waals surface area contributed by atoms with Crippen LogP contribution in [-0.2, 0) is 6.54 Å². The van der Waals surface area contributed by atoms with Crippen LogP contribution in [0.15, 0.2) is 30.6 Å². The highest BCUT2D eigenvalue weighted by molar-refractivity contribution is 6.00. The van der Waals surface area contributed by atoms with Crippen molar-refractivity contribution in [2.45, 2.75) is 13.5 Å². The van der Waals surface area contributed by atoms with Crippen molar-refractivity contribution in [1.29, 1.82) is 0 Å². The molecule has 0 bridgehead atoms. The Morgan fingerprint density at radius 1 is 1.38 bits per heavy atom. The molecule has 6 nitrogen and oxygen atoms in total. The van der Waals surface area contributed by atoms with Gasteiger partial charge in [-0.25, -0.2) is 0 Å². The minimum Gasteiger partial charge on any atom is -0.454 e. The van der Waals surface area contributed by atoms with E-state index in [1.165, 1.54) is 0 Å². The number of carbonyl (C=O) groups is 1. The lowest BCUT2D eigenvalue weighted by Gasteiger charge is -2.10. The van der Waals surface area contributed by atoms with Crippen LogP contribution in [0.1, 0.15) is 21.5 Å². The molecule has 21 heavy (non-hydrogen) atoms. The van der Waals surface area contributed by atoms with E-state index in [1.54, 1.807) is 24.5 Å². The summed E-state index contributed by atoms with van der Waals surface area (Å²) in [5, 5.41) is 2.83. The molecular formula is C15H15N3O3. The van der Waals surface area contributed by atoms with Gasteiger partial charge in [-0.2, -0.15) is 0 Å². The van der Waals surface area contributed by atoms with Crippen LogP contribution in [-0.4, -0.2) is 17.7 Å². The van der Waals surface area contributed by atoms with Crippen molar-refractivity contribution in [2.24, 2.45) is 0 Å². The van der Waals surface area contributed by atoms with Gasteiger partial charge in [0.05, 0.1) is 5.56 Å². The van der Waals surface area contributed by atoms with E-state index in [0.717, 1.165) is 11.1 Å². The van der Waals surface area contributed by atoms with Gasteiger partial charge in [0, 0.05) is 30.7 Å². The number of ether oxygens (including phenoxy) is 2. The summed E-state index contributed by atoms with van der Waals surface area (Å²) in [5.74, 6) is 0.841. The van der Waals surface area contributed by atoms with E-state index in [2.05, 4.69) is 10.3 Å². The highest BCUT2D eigenvalue weighted by Crippen LogP contribution is 2.35. The Morgan fingerprint density at radius 2 is 2.14 bits per heavy atom. The van der Waals surface area contributed by atoms with Crippen LogP contribution >= 0.6 is 0 Å². The van der Waals surface area contributed by atoms with Crippen LogP contribution < -0.4 is 20.5 Å². The molecule has 1 aromatic carbocycles. The quantitative estimate of drug-likeness (QED) is 0.837. The summed E-state index contributed by atoms with van der Waals surface area (Å²) in [6.07, 6.45) is 3.45. The van der Waals surface area contributed by atoms with E-state index in [9.17, 15) is 4.79 Å². The fourth-order valence-corrected chi connectivity index (χ4v) is 2.11. The van der Waals surface area contributed by atoms with Gasteiger partial charge < -0.3 is 20.5 Å². The van der Waals surface area contributed by atoms with Crippen LogP contribution in [0.5, 0.6) is 11.5 Å². The molecule has 2 heterocycles. The topological polar surface area (TPSA) is 86.5 Å². The number of rotatable bonds is 3. The number of nitrogens with zero attached hydrogens (tertiary/aromatic N) is 1. The summed E-state index contributed by atoms with van der Waals surface area (Å²) in [6, 6.07) is 5.10. The van der Waals surface area contributed by atoms with E-state index in [-0.39, 0.29) is 12.7 Å². The van der Waals surface area contributed by atoms with Crippen LogP contribution in [0.4, 0.5) is 5.69 Å². The Hall–Kier alpha value is -2.76. The highest BCUT2D eigenvalue weighted by Gasteiger charge is 2.19. The zero-order chi connectivity index (χ0) is 14.8. The lowest BCUT2D eigenvalue weighted by Crippen LogP contribution is -2.24. The average molecular weight is 285 g/mol. The maximum Gasteiger partial charge on any atom is 0.253 e. The number of aromatic nitrogens is 1. The monoisotopic (exact) mass is 285 g/mol. The molecule has 3 N–H and O–H groups in total. The molecule has 2 aromatic rings. The molecule has 3 rings (SSSR count). The molecule has 0 spiro atoms. The summed E-state index contributed by atoms with van der Waals surface area (Å²) in [5.41, 5.74) is 8.66. The van der Waals surface area contributed by atoms with Crippen LogP contribution in [0, 0.1) is 6.92 Å². The molecule has 1 amide bonds. The number of nitrogens with two attached hydrogens (primary N) is 1. The van der Waals surface area contributed by atoms with Crippen LogP contribution in [0.3, 0.4) is 0 Å². The first-order valence-electron chi connectivity index (χ1n) is 6.52. The van der Waals surface area contributed by atoms with Gasteiger partial charge in [-0.05, 0) is 30.2 Å². The number of aryl methyl sites for hydroxylation is 1. The largest absolute Gasteiger partial charge is 0.454 e. The summed E-state index contributed by atoms with van der Waals surface area (Å²) < 4.78 is 10.5. The average Bonchev–Trinajstić information content (AvgIpc) is 2.92. The van der Waals surface area contributed by atoms with E-state index in [0.29, 0.717) is 29.3 Å². The van der Waals surface area contributed by atoms with Gasteiger partial charge in [-0.1, -0.05) is 0 Å². The van der Waals surface area contributed by atoms with Gasteiger partial charge in [0.1, 0.15) is 0 Å². The lowest BCUT2D eigenvalue weighted by atomic mass is 10.1. The standard InChI is InChI=1S/C15H15N3O3/c1-9-2-3-17-6-10(9)7-18-15(19)11-4-13-14(5-12(11)16)21-8-20-13/h2-6H,7-8,16H2,1H3,(H,18,19). The van der Waals surface area contributed by atoms with Crippen molar-refractivity contribution < 1.29 is 14.3 Å². The number of nitrogens with one attached hydrogen (secondary N) is 1. The van der Waals surface area contributed by atoms with Crippen molar-refractivity contribution in [3.63, 3.8) is 0 Å². The number of hydrogen-bond acceptors (Lipinski definition) is 5. The molecule has 0 atom stereocenters. The van der Waals surface area contributed by atoms with Crippen molar-refractivity contribution in [1.82, 2.24) is 10.3 Å². The highest BCUT2D eigenvalue weighted by atomic mass is 16.7. The zero-order valence-corrected chi connectivity index (χ0v) is 11.6. The third-order valence-corrected chi connectivity index (χ3v) is 3.38. The second-order valence-electron chi connectivity index (χ2n) is 4.78. The first-order chi connectivity index (χ1) is 10.1. The lowest BCUT2D eigenvalue weighted by molar-refractivity contribution is 0.0951. The second kappa shape index (κ2) is 5.32. The van der Waals surface area contributed by atoms with E-state index in [1.807, 2.05) is 13.0 Å². The minimum atomic E-state index is -0.256. The first-order valence-corrected chi connectivity index (χ1v) is 6.52. The normalized spacial score (nSPS) is 12.2. The third kappa shape index (κ3) is 2.60. The number of carbonyl (C=O) groups excluding carboxylic acids is 1. The SMILES string of the molecule is Cc1ccncc1CNC(=O)c1cc2c(cc1N)OCO2. The predicted molar refractivity (Wildman–Crippen MR) is 77.1 cm³/mol. The summed E-state index contributed by atoms with van der Waals surface area (Å²) in [6.45, 7) is 2.51. The summed E-state index contributed by atoms with van der Waals surface area (Å²) in [7, 11) is 0. The van der Waals surface area contributed by atoms with E-state index >= 15 is 0 Å². The van der Waals surface area contributed by atoms with Gasteiger partial charge in [0.15, 0.2) is 11.5 Å². The Bertz CT molecular complexity index is 701. The Kier molecular flexibility index (Phi) is 3.35. The van der Waals surface area contributed by atoms with Crippen molar-refractivity contribution in [3.8, 4) is 11.5 Å². The number of amides is 1. The molecule has 1 aliphatic rings. The Labute approximate surface area is 121 Å². The zero-order valence-electron chi connectivity index (χ0n) is 11.6. The van der Waals surface area contributed by atoms with Gasteiger partial charge in [0.2, 0.25) is 6.79 Å². The number of anilines is 1. The molecule has 6 heteroatoms. The van der Waals surface area contributed by atoms with Gasteiger partial charge in [-0.15, -0.1) is 0 Å². The smallest absolute Gasteiger partial charge is 0.253 e. The van der Waals surface area contributed by atoms with Crippen molar-refractivity contribution in [2.75, 3.05) is 12.5 Å². The maximum atomic E-state index is 12.2. The predicted octanol–water partition coefficient (Wildman–Crippen LogP) is 1.63. The van der Waals surface area contributed by atoms with E-state index < -0.39 is 0 Å². The fourth-order valence-electron chi connectivity index (χ4n) is 2.11. The van der Waals surface area contributed by atoms with Gasteiger partial charge in [0.25, 0.3) is 5.91 Å². The molecule has 0 aliphatic carbocycles. The first kappa shape index (κ1) is 13.2. The molecule has 0 fully saturated rings. The molecule has 0 radical (unpaired) electrons. The molecule has 0 saturated heterocycles. The second-order valence-corrected chi connectivity index (χ2v) is 4.78. The third-order valence-electron chi connectivity index (χ3n) is 3.38. The number of hydrogen-bond donors (Lipinski definition) is 2. The molecule has 1 aromatic heterocycles. The number of pyridine rings is 1.